The van der Waals surface area contributed by atoms with Crippen molar-refractivity contribution in [3.8, 4) is 23.1 Å². The van der Waals surface area contributed by atoms with E-state index in [2.05, 4.69) is 4.98 Å². The highest BCUT2D eigenvalue weighted by Gasteiger charge is 2.28. The van der Waals surface area contributed by atoms with Crippen molar-refractivity contribution in [1.29, 1.82) is 5.26 Å². The Kier molecular flexibility index (Phi) is 8.82. The van der Waals surface area contributed by atoms with Crippen LogP contribution in [0.25, 0.3) is 28.2 Å². The van der Waals surface area contributed by atoms with E-state index in [0.717, 1.165) is 33.5 Å². The number of aromatic nitrogens is 1. The van der Waals surface area contributed by atoms with Crippen LogP contribution < -0.4 is 4.74 Å². The summed E-state index contributed by atoms with van der Waals surface area (Å²) in [4.78, 5) is 42.8. The van der Waals surface area contributed by atoms with Crippen LogP contribution in [0.5, 0.6) is 5.75 Å². The number of nitrogens with zero attached hydrogens (tertiary/aromatic N) is 1. The Balaban J connectivity index is 1.81. The van der Waals surface area contributed by atoms with Gasteiger partial charge in [-0.05, 0) is 44.0 Å². The molecule has 0 saturated heterocycles. The number of rotatable bonds is 10. The third-order valence-corrected chi connectivity index (χ3v) is 7.58. The first-order valence-corrected chi connectivity index (χ1v) is 13.5. The maximum absolute atomic E-state index is 13.5. The van der Waals surface area contributed by atoms with E-state index in [1.807, 2.05) is 54.6 Å². The first kappa shape index (κ1) is 28.3. The monoisotopic (exact) mass is 556 g/mol. The molecule has 204 valence electrons. The first-order chi connectivity index (χ1) is 19.3. The normalized spacial score (nSPS) is 11.2. The van der Waals surface area contributed by atoms with Gasteiger partial charge in [0.05, 0.1) is 42.7 Å². The molecule has 2 heterocycles. The number of allylic oxidation sites excluding steroid dienone is 1. The number of Topliss-reactive ketones (excluding diaryl/α,β-unsaturated/α-hetero) is 1. The van der Waals surface area contributed by atoms with E-state index in [1.54, 1.807) is 34.0 Å². The lowest BCUT2D eigenvalue weighted by atomic mass is 9.99. The maximum Gasteiger partial charge on any atom is 0.348 e. The van der Waals surface area contributed by atoms with E-state index in [1.165, 1.54) is 0 Å². The number of ether oxygens (including phenoxy) is 3. The van der Waals surface area contributed by atoms with Gasteiger partial charge in [-0.1, -0.05) is 42.5 Å². The fourth-order valence-corrected chi connectivity index (χ4v) is 5.67. The molecule has 0 unspecified atom stereocenters. The van der Waals surface area contributed by atoms with Crippen LogP contribution in [0.3, 0.4) is 0 Å². The molecule has 40 heavy (non-hydrogen) atoms. The first-order valence-electron chi connectivity index (χ1n) is 12.7. The number of aromatic amines is 1. The largest absolute Gasteiger partial charge is 0.495 e. The second-order valence-electron chi connectivity index (χ2n) is 8.73. The standard InChI is InChI=1S/C31H28N2O6S/c1-5-38-30(35)26-18(3)29(31(36)39-6-2)40-25(26)16-23(34)20(17-32)15-22-21-13-10-14-24(37-4)28(21)33-27(22)19-11-8-7-9-12-19/h7-15,33H,5-6,16H2,1-4H3. The predicted octanol–water partition coefficient (Wildman–Crippen LogP) is 6.29. The van der Waals surface area contributed by atoms with E-state index in [0.29, 0.717) is 21.8 Å². The van der Waals surface area contributed by atoms with Gasteiger partial charge in [-0.2, -0.15) is 5.26 Å². The Morgan fingerprint density at radius 1 is 1.00 bits per heavy atom. The summed E-state index contributed by atoms with van der Waals surface area (Å²) in [5.41, 5.74) is 3.44. The summed E-state index contributed by atoms with van der Waals surface area (Å²) in [5.74, 6) is -1.09. The minimum Gasteiger partial charge on any atom is -0.495 e. The molecule has 4 rings (SSSR count). The predicted molar refractivity (Wildman–Crippen MR) is 154 cm³/mol. The van der Waals surface area contributed by atoms with Crippen molar-refractivity contribution < 1.29 is 28.6 Å². The van der Waals surface area contributed by atoms with Crippen LogP contribution >= 0.6 is 11.3 Å². The summed E-state index contributed by atoms with van der Waals surface area (Å²) >= 11 is 1.00. The number of carbonyl (C=O) groups is 3. The molecular weight excluding hydrogens is 528 g/mol. The van der Waals surface area contributed by atoms with Crippen LogP contribution in [0.2, 0.25) is 0 Å². The van der Waals surface area contributed by atoms with Crippen LogP contribution in [0.1, 0.15) is 49.9 Å². The quantitative estimate of drug-likeness (QED) is 0.139. The van der Waals surface area contributed by atoms with E-state index < -0.39 is 17.7 Å². The maximum atomic E-state index is 13.5. The van der Waals surface area contributed by atoms with Crippen molar-refractivity contribution in [2.24, 2.45) is 0 Å². The topological polar surface area (TPSA) is 118 Å². The zero-order valence-electron chi connectivity index (χ0n) is 22.6. The molecule has 0 bridgehead atoms. The lowest BCUT2D eigenvalue weighted by Gasteiger charge is -2.06. The summed E-state index contributed by atoms with van der Waals surface area (Å²) in [7, 11) is 1.58. The number of para-hydroxylation sites is 1. The second kappa shape index (κ2) is 12.5. The zero-order chi connectivity index (χ0) is 28.8. The number of carbonyl (C=O) groups excluding carboxylic acids is 3. The molecular formula is C31H28N2O6S. The fourth-order valence-electron chi connectivity index (χ4n) is 4.48. The van der Waals surface area contributed by atoms with Crippen molar-refractivity contribution in [3.05, 3.63) is 80.5 Å². The summed E-state index contributed by atoms with van der Waals surface area (Å²) in [6.07, 6.45) is 1.30. The number of hydrogen-bond acceptors (Lipinski definition) is 8. The van der Waals surface area contributed by atoms with Gasteiger partial charge in [-0.3, -0.25) is 4.79 Å². The Labute approximate surface area is 235 Å². The van der Waals surface area contributed by atoms with Crippen molar-refractivity contribution in [1.82, 2.24) is 4.98 Å². The van der Waals surface area contributed by atoms with Gasteiger partial charge in [0.1, 0.15) is 16.7 Å². The number of methoxy groups -OCH3 is 1. The van der Waals surface area contributed by atoms with Gasteiger partial charge < -0.3 is 19.2 Å². The summed E-state index contributed by atoms with van der Waals surface area (Å²) < 4.78 is 15.9. The van der Waals surface area contributed by atoms with Gasteiger partial charge >= 0.3 is 11.9 Å². The van der Waals surface area contributed by atoms with Gasteiger partial charge in [0.25, 0.3) is 0 Å². The minimum absolute atomic E-state index is 0.0977. The smallest absolute Gasteiger partial charge is 0.348 e. The van der Waals surface area contributed by atoms with Gasteiger partial charge in [-0.25, -0.2) is 9.59 Å². The van der Waals surface area contributed by atoms with Crippen LogP contribution in [0, 0.1) is 18.3 Å². The van der Waals surface area contributed by atoms with Crippen LogP contribution in [0.15, 0.2) is 54.1 Å². The molecule has 0 radical (unpaired) electrons. The van der Waals surface area contributed by atoms with Crippen molar-refractivity contribution in [3.63, 3.8) is 0 Å². The summed E-state index contributed by atoms with van der Waals surface area (Å²) in [6.45, 7) is 5.28. The molecule has 0 aliphatic carbocycles. The SMILES string of the molecule is CCOC(=O)c1sc(CC(=O)C(C#N)=Cc2c(-c3ccccc3)[nH]c3c(OC)cccc23)c(C(=O)OCC)c1C. The molecule has 0 spiro atoms. The number of thiophene rings is 1. The van der Waals surface area contributed by atoms with E-state index in [-0.39, 0.29) is 35.6 Å². The number of hydrogen-bond donors (Lipinski definition) is 1. The Morgan fingerprint density at radius 2 is 1.70 bits per heavy atom. The molecule has 1 N–H and O–H groups in total. The average Bonchev–Trinajstić information content (AvgIpc) is 3.49. The fraction of sp³-hybridized carbons (Fsp3) is 0.226. The Bertz CT molecular complexity index is 1660. The molecule has 0 amide bonds. The lowest BCUT2D eigenvalue weighted by molar-refractivity contribution is -0.114. The van der Waals surface area contributed by atoms with Crippen LogP contribution in [-0.4, -0.2) is 43.0 Å². The second-order valence-corrected chi connectivity index (χ2v) is 9.83. The van der Waals surface area contributed by atoms with E-state index in [4.69, 9.17) is 14.2 Å². The average molecular weight is 557 g/mol. The number of fused-ring (bicyclic) bond motifs is 1. The van der Waals surface area contributed by atoms with Gasteiger partial charge in [0.2, 0.25) is 0 Å². The summed E-state index contributed by atoms with van der Waals surface area (Å²) in [6, 6.07) is 17.2. The molecule has 2 aromatic heterocycles. The van der Waals surface area contributed by atoms with Gasteiger partial charge in [0.15, 0.2) is 5.78 Å². The van der Waals surface area contributed by atoms with Crippen molar-refractivity contribution >= 4 is 46.0 Å². The van der Waals surface area contributed by atoms with Crippen molar-refractivity contribution in [2.45, 2.75) is 27.2 Å². The Morgan fingerprint density at radius 3 is 2.35 bits per heavy atom. The van der Waals surface area contributed by atoms with Crippen LogP contribution in [-0.2, 0) is 20.7 Å². The van der Waals surface area contributed by atoms with Gasteiger partial charge in [0, 0.05) is 22.2 Å². The lowest BCUT2D eigenvalue weighted by Crippen LogP contribution is -2.12. The molecule has 9 heteroatoms. The molecule has 8 nitrogen and oxygen atoms in total. The third-order valence-electron chi connectivity index (χ3n) is 6.31. The number of H-pyrrole nitrogens is 1. The third kappa shape index (κ3) is 5.53. The number of benzene rings is 2. The highest BCUT2D eigenvalue weighted by atomic mass is 32.1. The zero-order valence-corrected chi connectivity index (χ0v) is 23.4. The number of nitrogens with one attached hydrogen (secondary N) is 1. The van der Waals surface area contributed by atoms with Crippen LogP contribution in [0.4, 0.5) is 0 Å². The molecule has 0 fully saturated rings. The highest BCUT2D eigenvalue weighted by Crippen LogP contribution is 2.37. The molecule has 0 atom stereocenters. The highest BCUT2D eigenvalue weighted by molar-refractivity contribution is 7.14. The summed E-state index contributed by atoms with van der Waals surface area (Å²) in [5, 5.41) is 10.8. The molecule has 4 aromatic rings. The van der Waals surface area contributed by atoms with E-state index >= 15 is 0 Å². The number of nitriles is 1. The number of ketones is 1. The van der Waals surface area contributed by atoms with E-state index in [9.17, 15) is 19.6 Å². The molecule has 0 aliphatic heterocycles. The molecule has 0 saturated carbocycles. The Hall–Kier alpha value is -4.68. The number of esters is 2. The molecule has 0 aliphatic rings. The minimum atomic E-state index is -0.632. The van der Waals surface area contributed by atoms with Crippen molar-refractivity contribution in [2.75, 3.05) is 20.3 Å². The molecule has 2 aromatic carbocycles. The van der Waals surface area contributed by atoms with Gasteiger partial charge in [-0.15, -0.1) is 11.3 Å².